The smallest absolute Gasteiger partial charge is 0.310 e. The fourth-order valence-electron chi connectivity index (χ4n) is 4.32. The molecule has 0 saturated heterocycles. The summed E-state index contributed by atoms with van der Waals surface area (Å²) in [7, 11) is -0.986. The van der Waals surface area contributed by atoms with Crippen molar-refractivity contribution in [1.82, 2.24) is 0 Å². The number of carbonyl (C=O) groups excluding carboxylic acids is 1. The van der Waals surface area contributed by atoms with E-state index < -0.39 is 28.8 Å². The van der Waals surface area contributed by atoms with Crippen LogP contribution in [0.1, 0.15) is 84.4 Å². The summed E-state index contributed by atoms with van der Waals surface area (Å²) in [6.07, 6.45) is 13.6. The first-order chi connectivity index (χ1) is 20.4. The van der Waals surface area contributed by atoms with Crippen LogP contribution in [0.5, 0.6) is 0 Å². The fraction of sp³-hybridized carbons (Fsp3) is 0.432. The van der Waals surface area contributed by atoms with Gasteiger partial charge in [-0.25, -0.2) is 8.78 Å². The van der Waals surface area contributed by atoms with E-state index in [1.54, 1.807) is 18.2 Å². The number of carbonyl (C=O) groups is 1. The number of benzene rings is 1. The van der Waals surface area contributed by atoms with Gasteiger partial charge < -0.3 is 4.74 Å². The Morgan fingerprint density at radius 2 is 1.79 bits per heavy atom. The quantitative estimate of drug-likeness (QED) is 0.166. The molecule has 0 radical (unpaired) electrons. The van der Waals surface area contributed by atoms with Crippen molar-refractivity contribution in [3.05, 3.63) is 118 Å². The van der Waals surface area contributed by atoms with Crippen LogP contribution in [0.15, 0.2) is 101 Å². The zero-order chi connectivity index (χ0) is 33.2. The van der Waals surface area contributed by atoms with Crippen LogP contribution in [0, 0.1) is 13.8 Å². The summed E-state index contributed by atoms with van der Waals surface area (Å²) in [4.78, 5) is 12.6. The molecule has 0 aromatic heterocycles. The van der Waals surface area contributed by atoms with Gasteiger partial charge in [0.15, 0.2) is 0 Å². The van der Waals surface area contributed by atoms with E-state index in [4.69, 9.17) is 4.74 Å². The summed E-state index contributed by atoms with van der Waals surface area (Å²) >= 11 is 0. The number of rotatable bonds is 8. The highest BCUT2D eigenvalue weighted by Gasteiger charge is 2.32. The second-order valence-electron chi connectivity index (χ2n) is 9.92. The van der Waals surface area contributed by atoms with Gasteiger partial charge in [-0.3, -0.25) is 9.00 Å². The second-order valence-corrected chi connectivity index (χ2v) is 11.8. The number of hydrogen-bond acceptors (Lipinski definition) is 3. The van der Waals surface area contributed by atoms with E-state index in [2.05, 4.69) is 52.1 Å². The molecule has 6 heteroatoms. The maximum absolute atomic E-state index is 14.2. The Labute approximate surface area is 262 Å². The molecule has 1 aromatic rings. The van der Waals surface area contributed by atoms with Gasteiger partial charge in [0.25, 0.3) is 5.92 Å². The monoisotopic (exact) mass is 614 g/mol. The molecule has 0 amide bonds. The Morgan fingerprint density at radius 3 is 2.33 bits per heavy atom. The molecule has 0 fully saturated rings. The molecule has 3 nitrogen and oxygen atoms in total. The van der Waals surface area contributed by atoms with Crippen LogP contribution >= 0.6 is 0 Å². The van der Waals surface area contributed by atoms with E-state index in [-0.39, 0.29) is 12.0 Å². The summed E-state index contributed by atoms with van der Waals surface area (Å²) in [5, 5.41) is 0. The van der Waals surface area contributed by atoms with Crippen LogP contribution in [0.2, 0.25) is 0 Å². The lowest BCUT2D eigenvalue weighted by Gasteiger charge is -2.20. The van der Waals surface area contributed by atoms with Crippen molar-refractivity contribution in [2.24, 2.45) is 0 Å². The predicted octanol–water partition coefficient (Wildman–Crippen LogP) is 10.4. The lowest BCUT2D eigenvalue weighted by molar-refractivity contribution is -0.144. The van der Waals surface area contributed by atoms with E-state index in [1.165, 1.54) is 22.8 Å². The molecular formula is C37H52F2O3S. The highest BCUT2D eigenvalue weighted by atomic mass is 32.2. The predicted molar refractivity (Wildman–Crippen MR) is 182 cm³/mol. The number of halogens is 2. The van der Waals surface area contributed by atoms with E-state index >= 15 is 0 Å². The van der Waals surface area contributed by atoms with Gasteiger partial charge in [0.05, 0.1) is 6.42 Å². The molecule has 238 valence electrons. The van der Waals surface area contributed by atoms with Crippen LogP contribution in [0.3, 0.4) is 0 Å². The van der Waals surface area contributed by atoms with Crippen molar-refractivity contribution >= 4 is 16.8 Å². The topological polar surface area (TPSA) is 43.4 Å². The van der Waals surface area contributed by atoms with Crippen LogP contribution in [0.4, 0.5) is 8.78 Å². The molecule has 0 saturated carbocycles. The molecule has 43 heavy (non-hydrogen) atoms. The van der Waals surface area contributed by atoms with Crippen molar-refractivity contribution in [2.45, 2.75) is 100 Å². The van der Waals surface area contributed by atoms with Gasteiger partial charge in [-0.05, 0) is 74.5 Å². The van der Waals surface area contributed by atoms with Crippen molar-refractivity contribution < 1.29 is 22.5 Å². The molecule has 2 bridgehead atoms. The fourth-order valence-corrected chi connectivity index (χ4v) is 4.99. The van der Waals surface area contributed by atoms with Crippen LogP contribution in [0.25, 0.3) is 0 Å². The average Bonchev–Trinajstić information content (AvgIpc) is 3.19. The number of alkyl halides is 2. The molecule has 0 spiro atoms. The molecular weight excluding hydrogens is 562 g/mol. The van der Waals surface area contributed by atoms with E-state index in [9.17, 15) is 17.8 Å². The van der Waals surface area contributed by atoms with Gasteiger partial charge in [0.1, 0.15) is 6.10 Å². The van der Waals surface area contributed by atoms with Gasteiger partial charge in [-0.15, -0.1) is 13.2 Å². The number of fused-ring (bicyclic) bond motifs is 1. The minimum atomic E-state index is -3.06. The third-order valence-corrected chi connectivity index (χ3v) is 8.03. The molecule has 2 unspecified atom stereocenters. The second kappa shape index (κ2) is 20.7. The van der Waals surface area contributed by atoms with Gasteiger partial charge in [-0.2, -0.15) is 0 Å². The first-order valence-electron chi connectivity index (χ1n) is 15.1. The lowest BCUT2D eigenvalue weighted by Crippen LogP contribution is -2.21. The molecule has 0 N–H and O–H groups in total. The number of aryl methyl sites for hydroxylation is 3. The molecule has 1 aliphatic carbocycles. The number of esters is 1. The first-order valence-corrected chi connectivity index (χ1v) is 16.4. The van der Waals surface area contributed by atoms with Crippen molar-refractivity contribution in [1.29, 1.82) is 0 Å². The summed E-state index contributed by atoms with van der Waals surface area (Å²) in [5.41, 5.74) is 6.41. The van der Waals surface area contributed by atoms with Gasteiger partial charge in [0.2, 0.25) is 0 Å². The standard InChI is InChI=1S/C23H28F2O3S.C10H14.C2H6.C2H4/c1-5-17(8-7-16(3)29(27)6-2)13-18-9-10-20-15-19(14-18)21(23(4,24)25)11-12-22(26)28-20;1-4-10-7-8(2)5-6-9(10)3;2*1-2/h7-11,14-15,20H,5-6,12-13H2,1-4H3;5-7H,4H2,1-3H3;1-2H3;1-2H2/b16-7+,17-8+,21-11+;;;. The van der Waals surface area contributed by atoms with Crippen LogP contribution in [-0.2, 0) is 26.8 Å². The van der Waals surface area contributed by atoms with Gasteiger partial charge in [0, 0.05) is 34.0 Å². The highest BCUT2D eigenvalue weighted by Crippen LogP contribution is 2.35. The molecule has 1 heterocycles. The minimum Gasteiger partial charge on any atom is -0.454 e. The molecule has 2 aliphatic rings. The van der Waals surface area contributed by atoms with Crippen LogP contribution < -0.4 is 0 Å². The highest BCUT2D eigenvalue weighted by molar-refractivity contribution is 7.88. The Kier molecular flexibility index (Phi) is 19.2. The lowest BCUT2D eigenvalue weighted by atomic mass is 9.94. The Bertz CT molecular complexity index is 1260. The third kappa shape index (κ3) is 14.3. The number of ether oxygens (including phenoxy) is 1. The normalized spacial score (nSPS) is 18.5. The Balaban J connectivity index is 0.00000105. The van der Waals surface area contributed by atoms with Crippen LogP contribution in [-0.4, -0.2) is 28.0 Å². The van der Waals surface area contributed by atoms with Gasteiger partial charge in [-0.1, -0.05) is 94.3 Å². The average molecular weight is 615 g/mol. The molecule has 3 rings (SSSR count). The third-order valence-electron chi connectivity index (χ3n) is 6.65. The zero-order valence-corrected chi connectivity index (χ0v) is 28.5. The van der Waals surface area contributed by atoms with E-state index in [0.29, 0.717) is 17.7 Å². The summed E-state index contributed by atoms with van der Waals surface area (Å²) in [6.45, 7) is 23.1. The zero-order valence-electron chi connectivity index (χ0n) is 27.7. The molecule has 2 atom stereocenters. The van der Waals surface area contributed by atoms with Crippen molar-refractivity contribution in [2.75, 3.05) is 5.75 Å². The summed E-state index contributed by atoms with van der Waals surface area (Å²) in [6, 6.07) is 6.61. The van der Waals surface area contributed by atoms with E-state index in [0.717, 1.165) is 35.8 Å². The largest absolute Gasteiger partial charge is 0.454 e. The van der Waals surface area contributed by atoms with Gasteiger partial charge >= 0.3 is 5.97 Å². The SMILES string of the molecule is C=C.CC.CC/C(=C\C=C(/C)S(=O)CC)CC1=CC2=CC(C=C1)OC(=O)C/C=C\2C(C)(F)F.CCc1cc(C)ccc1C. The Morgan fingerprint density at radius 1 is 1.14 bits per heavy atom. The van der Waals surface area contributed by atoms with E-state index in [1.807, 2.05) is 52.8 Å². The first kappa shape index (κ1) is 39.9. The summed E-state index contributed by atoms with van der Waals surface area (Å²) in [5.74, 6) is -3.02. The van der Waals surface area contributed by atoms with Crippen molar-refractivity contribution in [3.8, 4) is 0 Å². The maximum atomic E-state index is 14.2. The number of hydrogen-bond donors (Lipinski definition) is 0. The summed E-state index contributed by atoms with van der Waals surface area (Å²) < 4.78 is 45.5. The minimum absolute atomic E-state index is 0.156. The number of allylic oxidation sites excluding steroid dienone is 9. The molecule has 1 aliphatic heterocycles. The molecule has 1 aromatic carbocycles. The maximum Gasteiger partial charge on any atom is 0.310 e. The Hall–Kier alpha value is -3.12. The van der Waals surface area contributed by atoms with Crippen molar-refractivity contribution in [3.63, 3.8) is 0 Å².